The second-order valence-electron chi connectivity index (χ2n) is 17.0. The van der Waals surface area contributed by atoms with Crippen LogP contribution in [0.1, 0.15) is 89.9 Å². The van der Waals surface area contributed by atoms with Gasteiger partial charge in [-0.3, -0.25) is 4.57 Å². The van der Waals surface area contributed by atoms with Gasteiger partial charge < -0.3 is 4.74 Å². The SMILES string of the molecule is Cc1cccc(C)c1-c1c(C(C)(C)C)nn(-c2cc(CCC(C)C)cc(Oc3ccc4c5ccccc5n(-c5cc(F)ccn5)c4c3)c2)c1C(C)(C)C. The standard InChI is InChI=1S/C47H51FN4O/c1-29(2)18-19-32-24-34(52-45(47(8,9)10)43(44(50-52)46(5,6)7)42-30(3)14-13-15-31(42)4)27-36(25-32)53-35-20-21-38-37-16-11-12-17-39(37)51(40(38)28-35)41-26-33(48)22-23-49-41/h11-17,20-29H,18-19H2,1-10H3. The zero-order valence-electron chi connectivity index (χ0n) is 32.8. The van der Waals surface area contributed by atoms with E-state index in [1.54, 1.807) is 0 Å². The van der Waals surface area contributed by atoms with Crippen LogP contribution in [-0.2, 0) is 17.3 Å². The van der Waals surface area contributed by atoms with E-state index in [0.29, 0.717) is 17.5 Å². The van der Waals surface area contributed by atoms with Gasteiger partial charge in [0.15, 0.2) is 0 Å². The molecule has 0 aliphatic heterocycles. The van der Waals surface area contributed by atoms with Gasteiger partial charge in [0, 0.05) is 51.6 Å². The van der Waals surface area contributed by atoms with Crippen LogP contribution in [0, 0.1) is 25.6 Å². The monoisotopic (exact) mass is 706 g/mol. The molecule has 4 aromatic carbocycles. The Balaban J connectivity index is 1.42. The Morgan fingerprint density at radius 2 is 1.43 bits per heavy atom. The van der Waals surface area contributed by atoms with Crippen molar-refractivity contribution in [3.05, 3.63) is 131 Å². The Labute approximate surface area is 313 Å². The number of aryl methyl sites for hydroxylation is 3. The number of hydrogen-bond acceptors (Lipinski definition) is 3. The molecule has 0 atom stereocenters. The molecule has 53 heavy (non-hydrogen) atoms. The minimum atomic E-state index is -0.331. The van der Waals surface area contributed by atoms with E-state index in [4.69, 9.17) is 9.84 Å². The Hall–Kier alpha value is -5.23. The summed E-state index contributed by atoms with van der Waals surface area (Å²) in [5, 5.41) is 7.62. The zero-order chi connectivity index (χ0) is 37.8. The topological polar surface area (TPSA) is 44.9 Å². The Morgan fingerprint density at radius 1 is 0.717 bits per heavy atom. The van der Waals surface area contributed by atoms with Crippen molar-refractivity contribution in [2.24, 2.45) is 5.92 Å². The first-order valence-corrected chi connectivity index (χ1v) is 18.8. The fourth-order valence-corrected chi connectivity index (χ4v) is 7.61. The van der Waals surface area contributed by atoms with Crippen molar-refractivity contribution in [1.29, 1.82) is 0 Å². The first kappa shape index (κ1) is 36.1. The van der Waals surface area contributed by atoms with Crippen molar-refractivity contribution in [3.63, 3.8) is 0 Å². The number of benzene rings is 4. The summed E-state index contributed by atoms with van der Waals surface area (Å²) in [6.45, 7) is 22.6. The number of aromatic nitrogens is 4. The fourth-order valence-electron chi connectivity index (χ4n) is 7.61. The summed E-state index contributed by atoms with van der Waals surface area (Å²) in [6, 6.07) is 30.3. The molecule has 0 spiro atoms. The quantitative estimate of drug-likeness (QED) is 0.158. The minimum absolute atomic E-state index is 0.200. The molecule has 0 unspecified atom stereocenters. The molecule has 0 bridgehead atoms. The molecular weight excluding hydrogens is 656 g/mol. The molecule has 0 N–H and O–H groups in total. The average molecular weight is 707 g/mol. The molecule has 0 fully saturated rings. The molecule has 0 aliphatic rings. The fraction of sp³-hybridized carbons (Fsp3) is 0.319. The van der Waals surface area contributed by atoms with Crippen LogP contribution in [0.2, 0.25) is 0 Å². The molecule has 3 aromatic heterocycles. The third-order valence-electron chi connectivity index (χ3n) is 10.1. The van der Waals surface area contributed by atoms with Crippen molar-refractivity contribution in [3.8, 4) is 34.1 Å². The summed E-state index contributed by atoms with van der Waals surface area (Å²) in [5.74, 6) is 2.18. The molecule has 6 heteroatoms. The van der Waals surface area contributed by atoms with E-state index < -0.39 is 0 Å². The van der Waals surface area contributed by atoms with Crippen molar-refractivity contribution in [1.82, 2.24) is 19.3 Å². The molecule has 5 nitrogen and oxygen atoms in total. The number of para-hydroxylation sites is 1. The van der Waals surface area contributed by atoms with E-state index in [0.717, 1.165) is 51.8 Å². The summed E-state index contributed by atoms with van der Waals surface area (Å²) in [5.41, 5.74) is 10.9. The maximum Gasteiger partial charge on any atom is 0.140 e. The molecular formula is C47H51FN4O. The van der Waals surface area contributed by atoms with Gasteiger partial charge in [-0.1, -0.05) is 91.8 Å². The van der Waals surface area contributed by atoms with Crippen LogP contribution in [0.15, 0.2) is 97.2 Å². The van der Waals surface area contributed by atoms with Crippen LogP contribution < -0.4 is 4.74 Å². The van der Waals surface area contributed by atoms with Crippen LogP contribution in [0.5, 0.6) is 11.5 Å². The molecule has 0 saturated heterocycles. The molecule has 0 radical (unpaired) electrons. The van der Waals surface area contributed by atoms with Crippen LogP contribution in [0.4, 0.5) is 4.39 Å². The zero-order valence-corrected chi connectivity index (χ0v) is 32.8. The van der Waals surface area contributed by atoms with E-state index in [-0.39, 0.29) is 16.6 Å². The summed E-state index contributed by atoms with van der Waals surface area (Å²) >= 11 is 0. The van der Waals surface area contributed by atoms with Gasteiger partial charge in [-0.2, -0.15) is 5.10 Å². The van der Waals surface area contributed by atoms with E-state index in [2.05, 4.69) is 127 Å². The highest BCUT2D eigenvalue weighted by molar-refractivity contribution is 6.09. The van der Waals surface area contributed by atoms with E-state index in [1.165, 1.54) is 51.8 Å². The van der Waals surface area contributed by atoms with Gasteiger partial charge >= 0.3 is 0 Å². The number of ether oxygens (including phenoxy) is 1. The van der Waals surface area contributed by atoms with E-state index in [9.17, 15) is 4.39 Å². The van der Waals surface area contributed by atoms with Gasteiger partial charge in [0.05, 0.1) is 28.1 Å². The number of fused-ring (bicyclic) bond motifs is 3. The summed E-state index contributed by atoms with van der Waals surface area (Å²) in [4.78, 5) is 4.55. The van der Waals surface area contributed by atoms with Crippen molar-refractivity contribution in [2.45, 2.75) is 92.9 Å². The Kier molecular flexibility index (Phi) is 9.30. The molecule has 3 heterocycles. The average Bonchev–Trinajstić information content (AvgIpc) is 3.65. The van der Waals surface area contributed by atoms with E-state index in [1.807, 2.05) is 34.9 Å². The normalized spacial score (nSPS) is 12.4. The van der Waals surface area contributed by atoms with Gasteiger partial charge in [-0.15, -0.1) is 0 Å². The lowest BCUT2D eigenvalue weighted by Gasteiger charge is -2.26. The van der Waals surface area contributed by atoms with Crippen LogP contribution in [0.3, 0.4) is 0 Å². The highest BCUT2D eigenvalue weighted by Crippen LogP contribution is 2.44. The first-order valence-electron chi connectivity index (χ1n) is 18.8. The summed E-state index contributed by atoms with van der Waals surface area (Å²) < 4.78 is 25.5. The van der Waals surface area contributed by atoms with Gasteiger partial charge in [0.25, 0.3) is 0 Å². The largest absolute Gasteiger partial charge is 0.457 e. The number of rotatable bonds is 8. The Morgan fingerprint density at radius 3 is 2.11 bits per heavy atom. The number of pyridine rings is 1. The van der Waals surface area contributed by atoms with Gasteiger partial charge in [0.1, 0.15) is 23.1 Å². The number of halogens is 1. The first-order chi connectivity index (χ1) is 25.1. The van der Waals surface area contributed by atoms with Crippen molar-refractivity contribution in [2.75, 3.05) is 0 Å². The lowest BCUT2D eigenvalue weighted by atomic mass is 9.79. The highest BCUT2D eigenvalue weighted by Gasteiger charge is 2.34. The van der Waals surface area contributed by atoms with Gasteiger partial charge in [0.2, 0.25) is 0 Å². The lowest BCUT2D eigenvalue weighted by molar-refractivity contribution is 0.480. The molecule has 0 amide bonds. The second kappa shape index (κ2) is 13.6. The van der Waals surface area contributed by atoms with Gasteiger partial charge in [-0.25, -0.2) is 14.1 Å². The Bertz CT molecular complexity index is 2450. The molecule has 0 saturated carbocycles. The minimum Gasteiger partial charge on any atom is -0.457 e. The summed E-state index contributed by atoms with van der Waals surface area (Å²) in [6.07, 6.45) is 3.48. The predicted molar refractivity (Wildman–Crippen MR) is 218 cm³/mol. The van der Waals surface area contributed by atoms with Crippen molar-refractivity contribution < 1.29 is 9.13 Å². The van der Waals surface area contributed by atoms with Crippen LogP contribution in [0.25, 0.3) is 44.4 Å². The second-order valence-corrected chi connectivity index (χ2v) is 17.0. The number of nitrogens with zero attached hydrogens (tertiary/aromatic N) is 4. The predicted octanol–water partition coefficient (Wildman–Crippen LogP) is 12.8. The number of hydrogen-bond donors (Lipinski definition) is 0. The van der Waals surface area contributed by atoms with Gasteiger partial charge in [-0.05, 0) is 91.3 Å². The third-order valence-corrected chi connectivity index (χ3v) is 10.1. The highest BCUT2D eigenvalue weighted by atomic mass is 19.1. The molecule has 0 aliphatic carbocycles. The molecule has 272 valence electrons. The van der Waals surface area contributed by atoms with Crippen LogP contribution in [-0.4, -0.2) is 19.3 Å². The molecule has 7 rings (SSSR count). The smallest absolute Gasteiger partial charge is 0.140 e. The van der Waals surface area contributed by atoms with Crippen LogP contribution >= 0.6 is 0 Å². The van der Waals surface area contributed by atoms with E-state index >= 15 is 0 Å². The summed E-state index contributed by atoms with van der Waals surface area (Å²) in [7, 11) is 0. The maximum absolute atomic E-state index is 14.5. The van der Waals surface area contributed by atoms with Crippen molar-refractivity contribution >= 4 is 21.8 Å². The third kappa shape index (κ3) is 6.99. The maximum atomic E-state index is 14.5. The lowest BCUT2D eigenvalue weighted by Crippen LogP contribution is -2.19. The molecule has 7 aromatic rings.